The number of hydrogen-bond acceptors (Lipinski definition) is 3. The molecule has 0 aliphatic carbocycles. The van der Waals surface area contributed by atoms with Crippen molar-refractivity contribution in [2.75, 3.05) is 13.1 Å². The van der Waals surface area contributed by atoms with Gasteiger partial charge in [-0.1, -0.05) is 37.6 Å². The van der Waals surface area contributed by atoms with Crippen LogP contribution in [0.3, 0.4) is 0 Å². The normalized spacial score (nSPS) is 12.8. The van der Waals surface area contributed by atoms with E-state index in [-0.39, 0.29) is 16.8 Å². The Labute approximate surface area is 160 Å². The van der Waals surface area contributed by atoms with Gasteiger partial charge < -0.3 is 5.32 Å². The molecule has 7 heteroatoms. The molecule has 0 aliphatic rings. The summed E-state index contributed by atoms with van der Waals surface area (Å²) in [7, 11) is -3.48. The van der Waals surface area contributed by atoms with Crippen LogP contribution in [0.15, 0.2) is 53.4 Å². The first-order valence-corrected chi connectivity index (χ1v) is 10.3. The zero-order valence-corrected chi connectivity index (χ0v) is 16.6. The Morgan fingerprint density at radius 1 is 1.04 bits per heavy atom. The van der Waals surface area contributed by atoms with E-state index >= 15 is 0 Å². The van der Waals surface area contributed by atoms with Gasteiger partial charge >= 0.3 is 0 Å². The predicted molar refractivity (Wildman–Crippen MR) is 104 cm³/mol. The fourth-order valence-corrected chi connectivity index (χ4v) is 4.19. The largest absolute Gasteiger partial charge is 0.346 e. The maximum Gasteiger partial charge on any atom is 0.251 e. The first kappa shape index (κ1) is 20.4. The van der Waals surface area contributed by atoms with E-state index in [1.54, 1.807) is 48.5 Å². The highest BCUT2D eigenvalue weighted by atomic mass is 35.5. The van der Waals surface area contributed by atoms with E-state index in [0.29, 0.717) is 23.7 Å². The summed E-state index contributed by atoms with van der Waals surface area (Å²) in [4.78, 5) is 12.5. The fraction of sp³-hybridized carbons (Fsp3) is 0.316. The van der Waals surface area contributed by atoms with Crippen LogP contribution in [-0.2, 0) is 10.0 Å². The van der Waals surface area contributed by atoms with Crippen LogP contribution in [0.2, 0.25) is 5.02 Å². The molecule has 0 saturated heterocycles. The van der Waals surface area contributed by atoms with E-state index < -0.39 is 10.0 Å². The van der Waals surface area contributed by atoms with Crippen molar-refractivity contribution >= 4 is 27.5 Å². The minimum Gasteiger partial charge on any atom is -0.346 e. The lowest BCUT2D eigenvalue weighted by molar-refractivity contribution is 0.0940. The summed E-state index contributed by atoms with van der Waals surface area (Å²) in [6.45, 7) is 6.32. The molecule has 1 atom stereocenters. The maximum absolute atomic E-state index is 12.5. The second-order valence-electron chi connectivity index (χ2n) is 5.86. The zero-order valence-electron chi connectivity index (χ0n) is 15.1. The van der Waals surface area contributed by atoms with Gasteiger partial charge in [0.05, 0.1) is 10.9 Å². The van der Waals surface area contributed by atoms with Crippen molar-refractivity contribution in [2.24, 2.45) is 0 Å². The molecular weight excluding hydrogens is 372 g/mol. The van der Waals surface area contributed by atoms with Gasteiger partial charge in [0.1, 0.15) is 0 Å². The van der Waals surface area contributed by atoms with Crippen LogP contribution in [0.25, 0.3) is 0 Å². The SMILES string of the molecule is CCN(CC)S(=O)(=O)c1ccc(C(C)NC(=O)c2ccc(Cl)cc2)cc1. The van der Waals surface area contributed by atoms with Crippen molar-refractivity contribution in [3.63, 3.8) is 0 Å². The molecule has 2 rings (SSSR count). The lowest BCUT2D eigenvalue weighted by atomic mass is 10.1. The van der Waals surface area contributed by atoms with Gasteiger partial charge in [0.2, 0.25) is 10.0 Å². The molecule has 0 fully saturated rings. The van der Waals surface area contributed by atoms with E-state index in [9.17, 15) is 13.2 Å². The average Bonchev–Trinajstić information content (AvgIpc) is 2.63. The van der Waals surface area contributed by atoms with Crippen LogP contribution in [0, 0.1) is 0 Å². The molecule has 140 valence electrons. The lowest BCUT2D eigenvalue weighted by Gasteiger charge is -2.19. The molecule has 1 N–H and O–H groups in total. The number of benzene rings is 2. The van der Waals surface area contributed by atoms with Crippen molar-refractivity contribution < 1.29 is 13.2 Å². The monoisotopic (exact) mass is 394 g/mol. The van der Waals surface area contributed by atoms with Crippen LogP contribution >= 0.6 is 11.6 Å². The third-order valence-electron chi connectivity index (χ3n) is 4.18. The number of nitrogens with one attached hydrogen (secondary N) is 1. The summed E-state index contributed by atoms with van der Waals surface area (Å²) in [6, 6.07) is 13.0. The standard InChI is InChI=1S/C19H23ClN2O3S/c1-4-22(5-2)26(24,25)18-12-8-15(9-13-18)14(3)21-19(23)16-6-10-17(20)11-7-16/h6-14H,4-5H2,1-3H3,(H,21,23). The van der Waals surface area contributed by atoms with Crippen molar-refractivity contribution in [1.29, 1.82) is 0 Å². The third kappa shape index (κ3) is 4.63. The number of carbonyl (C=O) groups is 1. The Hall–Kier alpha value is -1.89. The molecule has 0 spiro atoms. The van der Waals surface area contributed by atoms with Gasteiger partial charge in [0.25, 0.3) is 5.91 Å². The molecule has 2 aromatic carbocycles. The molecule has 1 amide bonds. The van der Waals surface area contributed by atoms with Crippen molar-refractivity contribution in [2.45, 2.75) is 31.7 Å². The average molecular weight is 395 g/mol. The summed E-state index contributed by atoms with van der Waals surface area (Å²) >= 11 is 5.83. The van der Waals surface area contributed by atoms with Gasteiger partial charge in [-0.15, -0.1) is 0 Å². The number of halogens is 1. The molecule has 0 aliphatic heterocycles. The summed E-state index contributed by atoms with van der Waals surface area (Å²) in [6.07, 6.45) is 0. The quantitative estimate of drug-likeness (QED) is 0.775. The first-order chi connectivity index (χ1) is 12.3. The molecule has 0 saturated carbocycles. The lowest BCUT2D eigenvalue weighted by Crippen LogP contribution is -2.30. The highest BCUT2D eigenvalue weighted by Crippen LogP contribution is 2.20. The minimum absolute atomic E-state index is 0.214. The van der Waals surface area contributed by atoms with E-state index in [1.165, 1.54) is 4.31 Å². The molecule has 5 nitrogen and oxygen atoms in total. The number of hydrogen-bond donors (Lipinski definition) is 1. The molecule has 1 unspecified atom stereocenters. The van der Waals surface area contributed by atoms with E-state index in [1.807, 2.05) is 20.8 Å². The fourth-order valence-electron chi connectivity index (χ4n) is 2.61. The molecule has 0 heterocycles. The third-order valence-corrected chi connectivity index (χ3v) is 6.49. The zero-order chi connectivity index (χ0) is 19.3. The van der Waals surface area contributed by atoms with Gasteiger partial charge in [-0.3, -0.25) is 4.79 Å². The van der Waals surface area contributed by atoms with Crippen molar-refractivity contribution in [1.82, 2.24) is 9.62 Å². The number of amides is 1. The highest BCUT2D eigenvalue weighted by Gasteiger charge is 2.21. The van der Waals surface area contributed by atoms with Crippen LogP contribution in [0.1, 0.15) is 42.7 Å². The van der Waals surface area contributed by atoms with Gasteiger partial charge in [-0.2, -0.15) is 4.31 Å². The van der Waals surface area contributed by atoms with Crippen LogP contribution in [0.5, 0.6) is 0 Å². The smallest absolute Gasteiger partial charge is 0.251 e. The topological polar surface area (TPSA) is 66.5 Å². The second-order valence-corrected chi connectivity index (χ2v) is 8.23. The summed E-state index contributed by atoms with van der Waals surface area (Å²) in [5.74, 6) is -0.214. The molecule has 0 radical (unpaired) electrons. The van der Waals surface area contributed by atoms with Crippen LogP contribution in [0.4, 0.5) is 0 Å². The van der Waals surface area contributed by atoms with Crippen molar-refractivity contribution in [3.05, 3.63) is 64.7 Å². The molecule has 26 heavy (non-hydrogen) atoms. The van der Waals surface area contributed by atoms with Crippen LogP contribution in [-0.4, -0.2) is 31.7 Å². The van der Waals surface area contributed by atoms with E-state index in [4.69, 9.17) is 11.6 Å². The Balaban J connectivity index is 2.12. The molecule has 0 aromatic heterocycles. The predicted octanol–water partition coefficient (Wildman–Crippen LogP) is 3.86. The Morgan fingerprint density at radius 2 is 1.58 bits per heavy atom. The summed E-state index contributed by atoms with van der Waals surface area (Å²) in [5.41, 5.74) is 1.34. The van der Waals surface area contributed by atoms with Gasteiger partial charge in [-0.25, -0.2) is 8.42 Å². The second kappa shape index (κ2) is 8.66. The number of carbonyl (C=O) groups excluding carboxylic acids is 1. The Bertz CT molecular complexity index is 845. The van der Waals surface area contributed by atoms with Gasteiger partial charge in [0, 0.05) is 23.7 Å². The van der Waals surface area contributed by atoms with Crippen molar-refractivity contribution in [3.8, 4) is 0 Å². The number of rotatable bonds is 7. The molecule has 0 bridgehead atoms. The van der Waals surface area contributed by atoms with E-state index in [0.717, 1.165) is 5.56 Å². The summed E-state index contributed by atoms with van der Waals surface area (Å²) in [5, 5.41) is 3.46. The molecule has 2 aromatic rings. The number of nitrogens with zero attached hydrogens (tertiary/aromatic N) is 1. The minimum atomic E-state index is -3.48. The highest BCUT2D eigenvalue weighted by molar-refractivity contribution is 7.89. The maximum atomic E-state index is 12.5. The molecular formula is C19H23ClN2O3S. The first-order valence-electron chi connectivity index (χ1n) is 8.46. The van der Waals surface area contributed by atoms with Crippen LogP contribution < -0.4 is 5.32 Å². The Morgan fingerprint density at radius 3 is 2.08 bits per heavy atom. The number of sulfonamides is 1. The summed E-state index contributed by atoms with van der Waals surface area (Å²) < 4.78 is 26.4. The van der Waals surface area contributed by atoms with Gasteiger partial charge in [-0.05, 0) is 48.9 Å². The van der Waals surface area contributed by atoms with Gasteiger partial charge in [0.15, 0.2) is 0 Å². The van der Waals surface area contributed by atoms with E-state index in [2.05, 4.69) is 5.32 Å². The Kier molecular flexibility index (Phi) is 6.81.